The summed E-state index contributed by atoms with van der Waals surface area (Å²) in [4.78, 5) is 41.0. The Bertz CT molecular complexity index is 1370. The summed E-state index contributed by atoms with van der Waals surface area (Å²) in [5.41, 5.74) is 3.64. The molecule has 0 bridgehead atoms. The van der Waals surface area contributed by atoms with Gasteiger partial charge >= 0.3 is 5.97 Å². The number of nitro benzene ring substituents is 1. The van der Waals surface area contributed by atoms with E-state index in [1.807, 2.05) is 0 Å². The van der Waals surface area contributed by atoms with Crippen LogP contribution >= 0.6 is 0 Å². The molecule has 5 rings (SSSR count). The highest BCUT2D eigenvalue weighted by atomic mass is 16.6. The lowest BCUT2D eigenvalue weighted by atomic mass is 10.1. The molecular weight excluding hydrogens is 532 g/mol. The van der Waals surface area contributed by atoms with Crippen molar-refractivity contribution in [3.63, 3.8) is 0 Å². The Balaban J connectivity index is 1.28. The Morgan fingerprint density at radius 2 is 1.66 bits per heavy atom. The first-order valence-electron chi connectivity index (χ1n) is 13.3. The van der Waals surface area contributed by atoms with Crippen molar-refractivity contribution in [3.05, 3.63) is 63.7 Å². The van der Waals surface area contributed by atoms with Gasteiger partial charge in [0.2, 0.25) is 17.8 Å². The van der Waals surface area contributed by atoms with E-state index in [-0.39, 0.29) is 17.0 Å². The molecule has 14 heteroatoms. The molecule has 2 aliphatic heterocycles. The molecule has 3 heterocycles. The summed E-state index contributed by atoms with van der Waals surface area (Å²) in [5, 5.41) is 15.2. The normalized spacial score (nSPS) is 15.5. The molecule has 0 amide bonds. The minimum Gasteiger partial charge on any atom is -0.493 e. The number of nitrogens with one attached hydrogen (secondary N) is 1. The summed E-state index contributed by atoms with van der Waals surface area (Å²) < 4.78 is 16.3. The van der Waals surface area contributed by atoms with Crippen LogP contribution in [-0.4, -0.2) is 78.6 Å². The zero-order valence-corrected chi connectivity index (χ0v) is 22.6. The zero-order valence-electron chi connectivity index (χ0n) is 22.6. The van der Waals surface area contributed by atoms with Crippen molar-refractivity contribution in [2.45, 2.75) is 19.3 Å². The predicted octanol–water partition coefficient (Wildman–Crippen LogP) is 3.28. The van der Waals surface area contributed by atoms with E-state index >= 15 is 0 Å². The standard InChI is InChI=1S/C27H30N8O6/c1-39-23-17-19(5-10-22(23)41-24(36)20-6-8-21(9-7-20)35(37)38)18-28-32-25-29-26(33-11-3-2-4-12-33)31-27(30-25)34-13-15-40-16-14-34/h5-10,17-18H,2-4,11-16H2,1H3,(H,29,30,31,32)/b28-18-. The molecule has 1 N–H and O–H groups in total. The molecule has 2 aromatic carbocycles. The largest absolute Gasteiger partial charge is 0.493 e. The summed E-state index contributed by atoms with van der Waals surface area (Å²) in [6.45, 7) is 4.44. The van der Waals surface area contributed by atoms with Crippen LogP contribution in [0.25, 0.3) is 0 Å². The average Bonchev–Trinajstić information content (AvgIpc) is 3.02. The lowest BCUT2D eigenvalue weighted by Crippen LogP contribution is -2.38. The van der Waals surface area contributed by atoms with E-state index in [1.165, 1.54) is 37.8 Å². The Labute approximate surface area is 236 Å². The molecule has 0 aliphatic carbocycles. The van der Waals surface area contributed by atoms with Gasteiger partial charge in [0.05, 0.1) is 37.0 Å². The topological polar surface area (TPSA) is 157 Å². The van der Waals surface area contributed by atoms with Crippen LogP contribution in [0.1, 0.15) is 35.2 Å². The van der Waals surface area contributed by atoms with E-state index in [1.54, 1.807) is 24.4 Å². The molecular formula is C27H30N8O6. The first kappa shape index (κ1) is 27.7. The van der Waals surface area contributed by atoms with Gasteiger partial charge in [-0.2, -0.15) is 20.1 Å². The number of rotatable bonds is 9. The molecule has 1 aromatic heterocycles. The van der Waals surface area contributed by atoms with Crippen LogP contribution < -0.4 is 24.7 Å². The van der Waals surface area contributed by atoms with Crippen LogP contribution in [0.4, 0.5) is 23.5 Å². The maximum absolute atomic E-state index is 12.5. The zero-order chi connectivity index (χ0) is 28.6. The van der Waals surface area contributed by atoms with Crippen LogP contribution in [-0.2, 0) is 4.74 Å². The molecule has 0 spiro atoms. The number of anilines is 3. The highest BCUT2D eigenvalue weighted by molar-refractivity contribution is 5.92. The number of carbonyl (C=O) groups excluding carboxylic acids is 1. The highest BCUT2D eigenvalue weighted by Crippen LogP contribution is 2.29. The van der Waals surface area contributed by atoms with Gasteiger partial charge in [-0.3, -0.25) is 10.1 Å². The third-order valence-electron chi connectivity index (χ3n) is 6.63. The molecule has 2 fully saturated rings. The molecule has 214 valence electrons. The van der Waals surface area contributed by atoms with Crippen LogP contribution in [0.5, 0.6) is 11.5 Å². The maximum Gasteiger partial charge on any atom is 0.343 e. The van der Waals surface area contributed by atoms with Gasteiger partial charge in [0, 0.05) is 38.3 Å². The number of nitro groups is 1. The van der Waals surface area contributed by atoms with Gasteiger partial charge in [0.15, 0.2) is 11.5 Å². The van der Waals surface area contributed by atoms with Crippen molar-refractivity contribution >= 4 is 35.7 Å². The number of benzene rings is 2. The second-order valence-corrected chi connectivity index (χ2v) is 9.38. The smallest absolute Gasteiger partial charge is 0.343 e. The molecule has 3 aromatic rings. The Kier molecular flexibility index (Phi) is 8.79. The van der Waals surface area contributed by atoms with Crippen molar-refractivity contribution in [3.8, 4) is 11.5 Å². The van der Waals surface area contributed by atoms with Crippen LogP contribution in [0, 0.1) is 10.1 Å². The van der Waals surface area contributed by atoms with Gasteiger partial charge in [-0.05, 0) is 55.2 Å². The second kappa shape index (κ2) is 13.0. The van der Waals surface area contributed by atoms with Crippen molar-refractivity contribution in [1.82, 2.24) is 15.0 Å². The number of non-ortho nitro benzene ring substituents is 1. The quantitative estimate of drug-likeness (QED) is 0.134. The minimum absolute atomic E-state index is 0.117. The number of piperidine rings is 1. The molecule has 0 saturated carbocycles. The van der Waals surface area contributed by atoms with E-state index < -0.39 is 10.9 Å². The van der Waals surface area contributed by atoms with Crippen molar-refractivity contribution in [2.75, 3.05) is 61.7 Å². The lowest BCUT2D eigenvalue weighted by molar-refractivity contribution is -0.384. The number of morpholine rings is 1. The van der Waals surface area contributed by atoms with Gasteiger partial charge in [-0.1, -0.05) is 0 Å². The van der Waals surface area contributed by atoms with E-state index in [0.29, 0.717) is 55.5 Å². The fraction of sp³-hybridized carbons (Fsp3) is 0.370. The van der Waals surface area contributed by atoms with Crippen LogP contribution in [0.15, 0.2) is 47.6 Å². The monoisotopic (exact) mass is 562 g/mol. The van der Waals surface area contributed by atoms with Crippen LogP contribution in [0.2, 0.25) is 0 Å². The molecule has 41 heavy (non-hydrogen) atoms. The molecule has 14 nitrogen and oxygen atoms in total. The van der Waals surface area contributed by atoms with E-state index in [0.717, 1.165) is 25.9 Å². The summed E-state index contributed by atoms with van der Waals surface area (Å²) in [6.07, 6.45) is 4.97. The number of hydrogen-bond acceptors (Lipinski definition) is 13. The third kappa shape index (κ3) is 7.03. The van der Waals surface area contributed by atoms with Gasteiger partial charge in [-0.25, -0.2) is 10.2 Å². The fourth-order valence-corrected chi connectivity index (χ4v) is 4.44. The molecule has 2 aliphatic rings. The number of methoxy groups -OCH3 is 1. The second-order valence-electron chi connectivity index (χ2n) is 9.38. The molecule has 0 atom stereocenters. The number of hydrazone groups is 1. The van der Waals surface area contributed by atoms with Crippen LogP contribution in [0.3, 0.4) is 0 Å². The maximum atomic E-state index is 12.5. The van der Waals surface area contributed by atoms with E-state index in [2.05, 4.69) is 30.3 Å². The fourth-order valence-electron chi connectivity index (χ4n) is 4.44. The first-order chi connectivity index (χ1) is 20.0. The van der Waals surface area contributed by atoms with Gasteiger partial charge in [-0.15, -0.1) is 0 Å². The van der Waals surface area contributed by atoms with E-state index in [4.69, 9.17) is 19.2 Å². The number of esters is 1. The molecule has 2 saturated heterocycles. The number of nitrogens with zero attached hydrogens (tertiary/aromatic N) is 7. The minimum atomic E-state index is -0.670. The van der Waals surface area contributed by atoms with Gasteiger partial charge in [0.25, 0.3) is 5.69 Å². The number of carbonyl (C=O) groups is 1. The van der Waals surface area contributed by atoms with Crippen molar-refractivity contribution < 1.29 is 23.9 Å². The first-order valence-corrected chi connectivity index (χ1v) is 13.3. The van der Waals surface area contributed by atoms with Crippen molar-refractivity contribution in [1.29, 1.82) is 0 Å². The van der Waals surface area contributed by atoms with Gasteiger partial charge < -0.3 is 24.0 Å². The Morgan fingerprint density at radius 1 is 0.976 bits per heavy atom. The SMILES string of the molecule is COc1cc(/C=N\Nc2nc(N3CCCCC3)nc(N3CCOCC3)n2)ccc1OC(=O)c1ccc([N+](=O)[O-])cc1. The number of aromatic nitrogens is 3. The third-order valence-corrected chi connectivity index (χ3v) is 6.63. The Morgan fingerprint density at radius 3 is 2.32 bits per heavy atom. The summed E-state index contributed by atoms with van der Waals surface area (Å²) in [5.74, 6) is 1.38. The summed E-state index contributed by atoms with van der Waals surface area (Å²) >= 11 is 0. The summed E-state index contributed by atoms with van der Waals surface area (Å²) in [6, 6.07) is 10.1. The van der Waals surface area contributed by atoms with E-state index in [9.17, 15) is 14.9 Å². The Hall–Kier alpha value is -4.85. The predicted molar refractivity (Wildman–Crippen MR) is 151 cm³/mol. The average molecular weight is 563 g/mol. The number of ether oxygens (including phenoxy) is 3. The lowest BCUT2D eigenvalue weighted by Gasteiger charge is -2.30. The highest BCUT2D eigenvalue weighted by Gasteiger charge is 2.20. The molecule has 0 radical (unpaired) electrons. The molecule has 0 unspecified atom stereocenters. The number of hydrogen-bond donors (Lipinski definition) is 1. The van der Waals surface area contributed by atoms with Gasteiger partial charge in [0.1, 0.15) is 0 Å². The van der Waals surface area contributed by atoms with Crippen molar-refractivity contribution in [2.24, 2.45) is 5.10 Å². The summed E-state index contributed by atoms with van der Waals surface area (Å²) in [7, 11) is 1.46.